The normalized spacial score (nSPS) is 21.9. The van der Waals surface area contributed by atoms with Gasteiger partial charge in [-0.25, -0.2) is 0 Å². The minimum atomic E-state index is -0.377. The Balaban J connectivity index is 2.64. The van der Waals surface area contributed by atoms with E-state index in [4.69, 9.17) is 5.73 Å². The summed E-state index contributed by atoms with van der Waals surface area (Å²) in [6.07, 6.45) is 3.35. The molecule has 2 unspecified atom stereocenters. The predicted octanol–water partition coefficient (Wildman–Crippen LogP) is 1.62. The summed E-state index contributed by atoms with van der Waals surface area (Å²) in [7, 11) is 1.91. The van der Waals surface area contributed by atoms with Crippen molar-refractivity contribution in [3.8, 4) is 0 Å². The number of hydrogen-bond donors (Lipinski definition) is 1. The van der Waals surface area contributed by atoms with Gasteiger partial charge in [0.1, 0.15) is 0 Å². The molecule has 0 heterocycles. The zero-order chi connectivity index (χ0) is 11.6. The first-order chi connectivity index (χ1) is 6.96. The van der Waals surface area contributed by atoms with Crippen LogP contribution in [0.5, 0.6) is 0 Å². The fraction of sp³-hybridized carbons (Fsp3) is 0.917. The zero-order valence-electron chi connectivity index (χ0n) is 10.4. The summed E-state index contributed by atoms with van der Waals surface area (Å²) in [6.45, 7) is 6.57. The molecule has 0 aromatic carbocycles. The predicted molar refractivity (Wildman–Crippen MR) is 62.4 cm³/mol. The first kappa shape index (κ1) is 12.5. The Morgan fingerprint density at radius 2 is 2.13 bits per heavy atom. The first-order valence-corrected chi connectivity index (χ1v) is 5.93. The lowest BCUT2D eigenvalue weighted by Gasteiger charge is -2.34. The fourth-order valence-corrected chi connectivity index (χ4v) is 1.89. The molecule has 0 aromatic rings. The molecule has 0 aliphatic heterocycles. The molecule has 0 radical (unpaired) electrons. The Morgan fingerprint density at radius 1 is 1.60 bits per heavy atom. The average Bonchev–Trinajstić information content (AvgIpc) is 3.08. The molecular weight excluding hydrogens is 188 g/mol. The maximum absolute atomic E-state index is 12.2. The van der Waals surface area contributed by atoms with Crippen LogP contribution in [0, 0.1) is 11.3 Å². The Morgan fingerprint density at radius 3 is 2.47 bits per heavy atom. The molecule has 0 bridgehead atoms. The van der Waals surface area contributed by atoms with Crippen LogP contribution in [0.15, 0.2) is 0 Å². The maximum Gasteiger partial charge on any atom is 0.229 e. The van der Waals surface area contributed by atoms with Gasteiger partial charge in [-0.05, 0) is 39.0 Å². The van der Waals surface area contributed by atoms with Crippen LogP contribution in [-0.4, -0.2) is 30.4 Å². The second kappa shape index (κ2) is 4.52. The van der Waals surface area contributed by atoms with Crippen molar-refractivity contribution in [1.29, 1.82) is 0 Å². The second-order valence-corrected chi connectivity index (χ2v) is 5.11. The van der Waals surface area contributed by atoms with Crippen LogP contribution in [0.3, 0.4) is 0 Å². The third kappa shape index (κ3) is 2.51. The van der Waals surface area contributed by atoms with E-state index >= 15 is 0 Å². The van der Waals surface area contributed by atoms with Gasteiger partial charge in [0.15, 0.2) is 0 Å². The number of rotatable bonds is 5. The number of nitrogens with zero attached hydrogens (tertiary/aromatic N) is 1. The third-order valence-corrected chi connectivity index (χ3v) is 3.98. The number of carbonyl (C=O) groups is 1. The van der Waals surface area contributed by atoms with Crippen LogP contribution in [0.1, 0.15) is 40.0 Å². The van der Waals surface area contributed by atoms with Crippen molar-refractivity contribution in [2.75, 3.05) is 13.6 Å². The summed E-state index contributed by atoms with van der Waals surface area (Å²) in [5.41, 5.74) is 5.32. The van der Waals surface area contributed by atoms with Gasteiger partial charge in [0.05, 0.1) is 5.41 Å². The number of hydrogen-bond acceptors (Lipinski definition) is 2. The highest BCUT2D eigenvalue weighted by Gasteiger charge is 2.38. The molecule has 3 nitrogen and oxygen atoms in total. The highest BCUT2D eigenvalue weighted by molar-refractivity contribution is 5.82. The van der Waals surface area contributed by atoms with Gasteiger partial charge >= 0.3 is 0 Å². The molecule has 1 aliphatic rings. The molecule has 2 N–H and O–H groups in total. The van der Waals surface area contributed by atoms with Crippen molar-refractivity contribution in [1.82, 2.24) is 4.90 Å². The monoisotopic (exact) mass is 212 g/mol. The van der Waals surface area contributed by atoms with E-state index in [0.29, 0.717) is 12.6 Å². The molecule has 1 saturated carbocycles. The average molecular weight is 212 g/mol. The molecule has 1 rings (SSSR count). The maximum atomic E-state index is 12.2. The third-order valence-electron chi connectivity index (χ3n) is 3.98. The van der Waals surface area contributed by atoms with E-state index in [1.807, 2.05) is 25.8 Å². The van der Waals surface area contributed by atoms with Gasteiger partial charge in [0, 0.05) is 19.6 Å². The molecule has 2 atom stereocenters. The standard InChI is InChI=1S/C12H24N2O/c1-5-12(3,8-13)11(15)14(4)9(2)10-6-7-10/h9-10H,5-8,13H2,1-4H3. The van der Waals surface area contributed by atoms with Gasteiger partial charge in [0.25, 0.3) is 0 Å². The van der Waals surface area contributed by atoms with Crippen molar-refractivity contribution in [2.24, 2.45) is 17.1 Å². The van der Waals surface area contributed by atoms with Gasteiger partial charge in [-0.1, -0.05) is 6.92 Å². The molecule has 88 valence electrons. The van der Waals surface area contributed by atoms with E-state index in [-0.39, 0.29) is 11.3 Å². The molecule has 0 spiro atoms. The largest absolute Gasteiger partial charge is 0.342 e. The molecule has 0 aromatic heterocycles. The Hall–Kier alpha value is -0.570. The van der Waals surface area contributed by atoms with Gasteiger partial charge in [-0.2, -0.15) is 0 Å². The van der Waals surface area contributed by atoms with Crippen molar-refractivity contribution < 1.29 is 4.79 Å². The first-order valence-electron chi connectivity index (χ1n) is 5.93. The Kier molecular flexibility index (Phi) is 3.77. The van der Waals surface area contributed by atoms with Crippen LogP contribution in [-0.2, 0) is 4.79 Å². The second-order valence-electron chi connectivity index (χ2n) is 5.11. The molecule has 1 fully saturated rings. The van der Waals surface area contributed by atoms with E-state index in [1.165, 1.54) is 12.8 Å². The lowest BCUT2D eigenvalue weighted by Crippen LogP contribution is -2.48. The molecule has 1 aliphatic carbocycles. The Bertz CT molecular complexity index is 232. The van der Waals surface area contributed by atoms with E-state index in [2.05, 4.69) is 6.92 Å². The highest BCUT2D eigenvalue weighted by Crippen LogP contribution is 2.36. The van der Waals surface area contributed by atoms with Crippen molar-refractivity contribution >= 4 is 5.91 Å². The molecule has 1 amide bonds. The number of nitrogens with two attached hydrogens (primary N) is 1. The van der Waals surface area contributed by atoms with Crippen LogP contribution < -0.4 is 5.73 Å². The summed E-state index contributed by atoms with van der Waals surface area (Å²) in [6, 6.07) is 0.370. The summed E-state index contributed by atoms with van der Waals surface area (Å²) >= 11 is 0. The topological polar surface area (TPSA) is 46.3 Å². The number of carbonyl (C=O) groups excluding carboxylic acids is 1. The zero-order valence-corrected chi connectivity index (χ0v) is 10.4. The molecule has 15 heavy (non-hydrogen) atoms. The highest BCUT2D eigenvalue weighted by atomic mass is 16.2. The summed E-state index contributed by atoms with van der Waals surface area (Å²) < 4.78 is 0. The van der Waals surface area contributed by atoms with Gasteiger partial charge < -0.3 is 10.6 Å². The lowest BCUT2D eigenvalue weighted by molar-refractivity contribution is -0.141. The summed E-state index contributed by atoms with van der Waals surface area (Å²) in [4.78, 5) is 14.1. The van der Waals surface area contributed by atoms with Crippen LogP contribution in [0.25, 0.3) is 0 Å². The quantitative estimate of drug-likeness (QED) is 0.752. The lowest BCUT2D eigenvalue weighted by atomic mass is 9.85. The van der Waals surface area contributed by atoms with Crippen molar-refractivity contribution in [3.63, 3.8) is 0 Å². The van der Waals surface area contributed by atoms with Crippen LogP contribution in [0.2, 0.25) is 0 Å². The van der Waals surface area contributed by atoms with Crippen LogP contribution >= 0.6 is 0 Å². The van der Waals surface area contributed by atoms with E-state index in [1.54, 1.807) is 0 Å². The SMILES string of the molecule is CCC(C)(CN)C(=O)N(C)C(C)C1CC1. The van der Waals surface area contributed by atoms with E-state index in [9.17, 15) is 4.79 Å². The van der Waals surface area contributed by atoms with Crippen LogP contribution in [0.4, 0.5) is 0 Å². The van der Waals surface area contributed by atoms with E-state index in [0.717, 1.165) is 12.3 Å². The van der Waals surface area contributed by atoms with Gasteiger partial charge in [-0.15, -0.1) is 0 Å². The summed E-state index contributed by atoms with van der Waals surface area (Å²) in [5, 5.41) is 0. The number of amides is 1. The van der Waals surface area contributed by atoms with Gasteiger partial charge in [0.2, 0.25) is 5.91 Å². The fourth-order valence-electron chi connectivity index (χ4n) is 1.89. The van der Waals surface area contributed by atoms with Crippen molar-refractivity contribution in [2.45, 2.75) is 46.1 Å². The molecular formula is C12H24N2O. The summed E-state index contributed by atoms with van der Waals surface area (Å²) in [5.74, 6) is 0.921. The molecule has 3 heteroatoms. The van der Waals surface area contributed by atoms with E-state index < -0.39 is 0 Å². The molecule has 0 saturated heterocycles. The minimum Gasteiger partial charge on any atom is -0.342 e. The Labute approximate surface area is 93.0 Å². The van der Waals surface area contributed by atoms with Crippen molar-refractivity contribution in [3.05, 3.63) is 0 Å². The minimum absolute atomic E-state index is 0.201. The van der Waals surface area contributed by atoms with Gasteiger partial charge in [-0.3, -0.25) is 4.79 Å². The smallest absolute Gasteiger partial charge is 0.229 e.